The highest BCUT2D eigenvalue weighted by Crippen LogP contribution is 2.32. The number of fused-ring (bicyclic) bond motifs is 2. The Morgan fingerprint density at radius 1 is 0.867 bits per heavy atom. The van der Waals surface area contributed by atoms with Crippen molar-refractivity contribution < 1.29 is 8.42 Å². The monoisotopic (exact) mass is 415 g/mol. The summed E-state index contributed by atoms with van der Waals surface area (Å²) in [6.07, 6.45) is 0.775. The fourth-order valence-corrected chi connectivity index (χ4v) is 5.11. The molecule has 5 nitrogen and oxygen atoms in total. The molecule has 0 bridgehead atoms. The second-order valence-electron chi connectivity index (χ2n) is 7.88. The Hall–Kier alpha value is -3.25. The SMILES string of the molecule is CC1=Nc2cc(S(=O)(=O)c3ccc4nc(-c5ccc(C)c(C)c5)[nH]c4c3)ccc2C1. The van der Waals surface area contributed by atoms with Crippen LogP contribution in [0.5, 0.6) is 0 Å². The predicted molar refractivity (Wildman–Crippen MR) is 119 cm³/mol. The lowest BCUT2D eigenvalue weighted by Gasteiger charge is -2.06. The maximum absolute atomic E-state index is 13.2. The summed E-state index contributed by atoms with van der Waals surface area (Å²) in [5, 5.41) is 0. The van der Waals surface area contributed by atoms with E-state index < -0.39 is 9.84 Å². The van der Waals surface area contributed by atoms with Gasteiger partial charge in [0.25, 0.3) is 0 Å². The zero-order valence-electron chi connectivity index (χ0n) is 17.0. The Morgan fingerprint density at radius 3 is 2.43 bits per heavy atom. The molecule has 1 aliphatic rings. The van der Waals surface area contributed by atoms with E-state index in [1.807, 2.05) is 19.1 Å². The molecule has 6 heteroatoms. The molecule has 0 fully saturated rings. The van der Waals surface area contributed by atoms with Crippen molar-refractivity contribution in [1.29, 1.82) is 0 Å². The van der Waals surface area contributed by atoms with Gasteiger partial charge in [-0.25, -0.2) is 13.4 Å². The summed E-state index contributed by atoms with van der Waals surface area (Å²) in [5.74, 6) is 0.727. The Morgan fingerprint density at radius 2 is 1.63 bits per heavy atom. The fourth-order valence-electron chi connectivity index (χ4n) is 3.80. The molecule has 0 saturated carbocycles. The summed E-state index contributed by atoms with van der Waals surface area (Å²) in [5.41, 5.74) is 7.61. The van der Waals surface area contributed by atoms with Crippen molar-refractivity contribution in [3.8, 4) is 11.4 Å². The maximum Gasteiger partial charge on any atom is 0.206 e. The number of hydrogen-bond donors (Lipinski definition) is 1. The lowest BCUT2D eigenvalue weighted by Crippen LogP contribution is -2.02. The van der Waals surface area contributed by atoms with Gasteiger partial charge in [0.15, 0.2) is 0 Å². The first kappa shape index (κ1) is 18.8. The molecule has 0 aliphatic carbocycles. The number of aliphatic imine (C=N–C) groups is 1. The van der Waals surface area contributed by atoms with Gasteiger partial charge in [0, 0.05) is 17.7 Å². The highest BCUT2D eigenvalue weighted by molar-refractivity contribution is 7.91. The summed E-state index contributed by atoms with van der Waals surface area (Å²) >= 11 is 0. The third kappa shape index (κ3) is 3.04. The minimum atomic E-state index is -3.65. The van der Waals surface area contributed by atoms with Crippen LogP contribution in [0.25, 0.3) is 22.4 Å². The van der Waals surface area contributed by atoms with Crippen LogP contribution in [0.4, 0.5) is 5.69 Å². The number of aromatic amines is 1. The number of H-pyrrole nitrogens is 1. The number of sulfone groups is 1. The number of imidazole rings is 1. The molecular weight excluding hydrogens is 394 g/mol. The minimum Gasteiger partial charge on any atom is -0.338 e. The summed E-state index contributed by atoms with van der Waals surface area (Å²) in [4.78, 5) is 12.9. The Bertz CT molecular complexity index is 1460. The lowest BCUT2D eigenvalue weighted by molar-refractivity contribution is 0.596. The Kier molecular flexibility index (Phi) is 4.15. The van der Waals surface area contributed by atoms with Crippen LogP contribution >= 0.6 is 0 Å². The molecule has 0 spiro atoms. The van der Waals surface area contributed by atoms with Gasteiger partial charge in [-0.3, -0.25) is 4.99 Å². The summed E-state index contributed by atoms with van der Waals surface area (Å²) in [7, 11) is -3.65. The van der Waals surface area contributed by atoms with Gasteiger partial charge >= 0.3 is 0 Å². The van der Waals surface area contributed by atoms with E-state index in [4.69, 9.17) is 0 Å². The molecule has 3 aromatic carbocycles. The standard InChI is InChI=1S/C24H21N3O2S/c1-14-4-5-18(10-15(14)2)24-26-21-9-8-20(13-23(21)27-24)30(28,29)19-7-6-17-11-16(3)25-22(17)12-19/h4-10,12-13H,11H2,1-3H3,(H,26,27). The summed E-state index contributed by atoms with van der Waals surface area (Å²) < 4.78 is 26.5. The molecule has 0 radical (unpaired) electrons. The topological polar surface area (TPSA) is 75.2 Å². The van der Waals surface area contributed by atoms with E-state index in [0.29, 0.717) is 5.52 Å². The van der Waals surface area contributed by atoms with E-state index in [2.05, 4.69) is 40.9 Å². The molecule has 1 aliphatic heterocycles. The number of aryl methyl sites for hydroxylation is 2. The van der Waals surface area contributed by atoms with E-state index in [1.165, 1.54) is 11.1 Å². The zero-order valence-corrected chi connectivity index (χ0v) is 17.8. The molecule has 1 N–H and O–H groups in total. The van der Waals surface area contributed by atoms with E-state index in [0.717, 1.165) is 40.3 Å². The van der Waals surface area contributed by atoms with Gasteiger partial charge in [0.1, 0.15) is 5.82 Å². The largest absolute Gasteiger partial charge is 0.338 e. The van der Waals surface area contributed by atoms with Crippen molar-refractivity contribution in [3.63, 3.8) is 0 Å². The Balaban J connectivity index is 1.56. The molecule has 0 atom stereocenters. The van der Waals surface area contributed by atoms with Gasteiger partial charge in [0.05, 0.1) is 26.5 Å². The van der Waals surface area contributed by atoms with E-state index in [1.54, 1.807) is 30.3 Å². The molecule has 150 valence electrons. The lowest BCUT2D eigenvalue weighted by atomic mass is 10.1. The predicted octanol–water partition coefficient (Wildman–Crippen LogP) is 5.33. The van der Waals surface area contributed by atoms with Gasteiger partial charge in [-0.05, 0) is 73.9 Å². The average molecular weight is 416 g/mol. The van der Waals surface area contributed by atoms with E-state index >= 15 is 0 Å². The molecule has 0 amide bonds. The highest BCUT2D eigenvalue weighted by atomic mass is 32.2. The normalized spacial score (nSPS) is 13.5. The van der Waals surface area contributed by atoms with Gasteiger partial charge in [-0.1, -0.05) is 18.2 Å². The summed E-state index contributed by atoms with van der Waals surface area (Å²) in [6.45, 7) is 6.09. The van der Waals surface area contributed by atoms with Crippen molar-refractivity contribution >= 4 is 32.3 Å². The number of rotatable bonds is 3. The van der Waals surface area contributed by atoms with Crippen LogP contribution in [0.2, 0.25) is 0 Å². The quantitative estimate of drug-likeness (QED) is 0.491. The number of hydrogen-bond acceptors (Lipinski definition) is 4. The van der Waals surface area contributed by atoms with Crippen LogP contribution in [0.1, 0.15) is 23.6 Å². The van der Waals surface area contributed by atoms with E-state index in [-0.39, 0.29) is 9.79 Å². The van der Waals surface area contributed by atoms with Crippen molar-refractivity contribution in [2.75, 3.05) is 0 Å². The van der Waals surface area contributed by atoms with Gasteiger partial charge < -0.3 is 4.98 Å². The molecule has 0 saturated heterocycles. The summed E-state index contributed by atoms with van der Waals surface area (Å²) in [6, 6.07) is 16.4. The first-order valence-corrected chi connectivity index (χ1v) is 11.3. The van der Waals surface area contributed by atoms with Crippen molar-refractivity contribution in [2.45, 2.75) is 37.0 Å². The molecule has 2 heterocycles. The van der Waals surface area contributed by atoms with Crippen LogP contribution in [0.15, 0.2) is 69.4 Å². The third-order valence-electron chi connectivity index (χ3n) is 5.67. The average Bonchev–Trinajstić information content (AvgIpc) is 3.31. The highest BCUT2D eigenvalue weighted by Gasteiger charge is 2.22. The molecule has 0 unspecified atom stereocenters. The second-order valence-corrected chi connectivity index (χ2v) is 9.83. The number of nitrogens with one attached hydrogen (secondary N) is 1. The first-order chi connectivity index (χ1) is 14.3. The van der Waals surface area contributed by atoms with Gasteiger partial charge in [-0.15, -0.1) is 0 Å². The van der Waals surface area contributed by atoms with Crippen LogP contribution in [-0.4, -0.2) is 24.1 Å². The zero-order chi connectivity index (χ0) is 21.0. The number of benzene rings is 3. The molecule has 5 rings (SSSR count). The van der Waals surface area contributed by atoms with Crippen molar-refractivity contribution in [1.82, 2.24) is 9.97 Å². The maximum atomic E-state index is 13.2. The number of nitrogens with zero attached hydrogens (tertiary/aromatic N) is 2. The molecular formula is C24H21N3O2S. The van der Waals surface area contributed by atoms with Crippen LogP contribution in [0.3, 0.4) is 0 Å². The molecule has 4 aromatic rings. The second kappa shape index (κ2) is 6.64. The van der Waals surface area contributed by atoms with Gasteiger partial charge in [0.2, 0.25) is 9.84 Å². The Labute approximate surface area is 175 Å². The van der Waals surface area contributed by atoms with Crippen molar-refractivity contribution in [3.05, 3.63) is 71.3 Å². The van der Waals surface area contributed by atoms with Crippen LogP contribution in [0, 0.1) is 13.8 Å². The molecule has 30 heavy (non-hydrogen) atoms. The molecule has 1 aromatic heterocycles. The van der Waals surface area contributed by atoms with Crippen LogP contribution < -0.4 is 0 Å². The fraction of sp³-hybridized carbons (Fsp3) is 0.167. The number of aromatic nitrogens is 2. The minimum absolute atomic E-state index is 0.240. The third-order valence-corrected chi connectivity index (χ3v) is 7.42. The smallest absolute Gasteiger partial charge is 0.206 e. The van der Waals surface area contributed by atoms with Crippen molar-refractivity contribution in [2.24, 2.45) is 4.99 Å². The van der Waals surface area contributed by atoms with Crippen LogP contribution in [-0.2, 0) is 16.3 Å². The van der Waals surface area contributed by atoms with E-state index in [9.17, 15) is 8.42 Å². The van der Waals surface area contributed by atoms with Gasteiger partial charge in [-0.2, -0.15) is 0 Å². The first-order valence-electron chi connectivity index (χ1n) is 9.81.